The fourth-order valence-corrected chi connectivity index (χ4v) is 2.15. The third-order valence-electron chi connectivity index (χ3n) is 2.44. The van der Waals surface area contributed by atoms with E-state index in [1.165, 1.54) is 0 Å². The summed E-state index contributed by atoms with van der Waals surface area (Å²) in [4.78, 5) is 4.20. The number of anilines is 2. The number of hydrogen-bond donors (Lipinski definition) is 2. The molecule has 0 aliphatic rings. The van der Waals surface area contributed by atoms with Gasteiger partial charge in [0.1, 0.15) is 0 Å². The van der Waals surface area contributed by atoms with Crippen LogP contribution >= 0.6 is 15.9 Å². The van der Waals surface area contributed by atoms with Gasteiger partial charge in [0.15, 0.2) is 0 Å². The Morgan fingerprint density at radius 1 is 1.39 bits per heavy atom. The first-order chi connectivity index (χ1) is 8.47. The van der Waals surface area contributed by atoms with Crippen LogP contribution in [0.15, 0.2) is 22.7 Å². The maximum atomic E-state index is 5.89. The van der Waals surface area contributed by atoms with Gasteiger partial charge in [-0.2, -0.15) is 9.67 Å². The minimum atomic E-state index is 0.270. The molecule has 3 N–H and O–H groups in total. The maximum Gasteiger partial charge on any atom is 0.244 e. The Bertz CT molecular complexity index is 562. The van der Waals surface area contributed by atoms with Crippen molar-refractivity contribution in [3.8, 4) is 5.69 Å². The van der Waals surface area contributed by atoms with E-state index >= 15 is 0 Å². The number of hydrogen-bond acceptors (Lipinski definition) is 4. The van der Waals surface area contributed by atoms with E-state index in [1.54, 1.807) is 4.68 Å². The molecule has 0 atom stereocenters. The van der Waals surface area contributed by atoms with Crippen LogP contribution in [0.1, 0.15) is 19.4 Å². The Morgan fingerprint density at radius 2 is 2.11 bits per heavy atom. The van der Waals surface area contributed by atoms with Crippen LogP contribution in [0.4, 0.5) is 11.9 Å². The summed E-state index contributed by atoms with van der Waals surface area (Å²) in [5.41, 5.74) is 7.90. The zero-order valence-corrected chi connectivity index (χ0v) is 12.2. The highest BCUT2D eigenvalue weighted by molar-refractivity contribution is 9.10. The van der Waals surface area contributed by atoms with Gasteiger partial charge in [-0.1, -0.05) is 15.9 Å². The smallest absolute Gasteiger partial charge is 0.244 e. The van der Waals surface area contributed by atoms with Gasteiger partial charge in [0.25, 0.3) is 0 Å². The number of nitrogens with one attached hydrogen (secondary N) is 1. The van der Waals surface area contributed by atoms with Gasteiger partial charge >= 0.3 is 0 Å². The van der Waals surface area contributed by atoms with Crippen LogP contribution in [0.2, 0.25) is 0 Å². The van der Waals surface area contributed by atoms with Gasteiger partial charge in [-0.05, 0) is 44.5 Å². The van der Waals surface area contributed by atoms with Crippen molar-refractivity contribution in [1.82, 2.24) is 14.8 Å². The first-order valence-corrected chi connectivity index (χ1v) is 6.52. The van der Waals surface area contributed by atoms with Crippen molar-refractivity contribution in [2.45, 2.75) is 26.8 Å². The molecule has 0 amide bonds. The molecule has 0 radical (unpaired) electrons. The van der Waals surface area contributed by atoms with Crippen LogP contribution in [0.5, 0.6) is 0 Å². The van der Waals surface area contributed by atoms with Gasteiger partial charge < -0.3 is 11.1 Å². The zero-order chi connectivity index (χ0) is 13.3. The van der Waals surface area contributed by atoms with Gasteiger partial charge in [-0.15, -0.1) is 5.10 Å². The Kier molecular flexibility index (Phi) is 3.56. The van der Waals surface area contributed by atoms with Crippen molar-refractivity contribution >= 4 is 27.8 Å². The molecule has 2 aromatic rings. The minimum absolute atomic E-state index is 0.270. The second-order valence-corrected chi connectivity index (χ2v) is 5.35. The Hall–Kier alpha value is -1.56. The van der Waals surface area contributed by atoms with Crippen LogP contribution in [0.25, 0.3) is 5.69 Å². The number of benzene rings is 1. The number of nitrogens with two attached hydrogens (primary N) is 1. The second-order valence-electron chi connectivity index (χ2n) is 4.44. The molecule has 0 aliphatic carbocycles. The van der Waals surface area contributed by atoms with E-state index in [2.05, 4.69) is 31.3 Å². The van der Waals surface area contributed by atoms with Crippen molar-refractivity contribution in [1.29, 1.82) is 0 Å². The molecule has 18 heavy (non-hydrogen) atoms. The second kappa shape index (κ2) is 4.97. The normalized spacial score (nSPS) is 10.9. The first-order valence-electron chi connectivity index (χ1n) is 5.73. The number of nitrogen functional groups attached to an aromatic ring is 1. The topological polar surface area (TPSA) is 68.8 Å². The highest BCUT2D eigenvalue weighted by Crippen LogP contribution is 2.21. The molecule has 0 spiro atoms. The fourth-order valence-electron chi connectivity index (χ4n) is 1.68. The van der Waals surface area contributed by atoms with Crippen LogP contribution in [0.3, 0.4) is 0 Å². The number of aromatic nitrogens is 3. The lowest BCUT2D eigenvalue weighted by Gasteiger charge is -2.07. The summed E-state index contributed by atoms with van der Waals surface area (Å²) >= 11 is 3.44. The minimum Gasteiger partial charge on any atom is -0.368 e. The monoisotopic (exact) mass is 309 g/mol. The lowest BCUT2D eigenvalue weighted by Crippen LogP contribution is -2.11. The SMILES string of the molecule is Cc1cc(Br)ccc1-n1nc(NC(C)C)nc1N. The molecule has 0 unspecified atom stereocenters. The average molecular weight is 310 g/mol. The molecular weight excluding hydrogens is 294 g/mol. The Morgan fingerprint density at radius 3 is 2.72 bits per heavy atom. The summed E-state index contributed by atoms with van der Waals surface area (Å²) in [6.07, 6.45) is 0. The zero-order valence-electron chi connectivity index (χ0n) is 10.6. The third-order valence-corrected chi connectivity index (χ3v) is 2.93. The molecule has 0 bridgehead atoms. The van der Waals surface area contributed by atoms with E-state index in [-0.39, 0.29) is 6.04 Å². The fraction of sp³-hybridized carbons (Fsp3) is 0.333. The first kappa shape index (κ1) is 12.9. The van der Waals surface area contributed by atoms with Crippen molar-refractivity contribution < 1.29 is 0 Å². The largest absolute Gasteiger partial charge is 0.368 e. The molecule has 1 aromatic heterocycles. The highest BCUT2D eigenvalue weighted by atomic mass is 79.9. The van der Waals surface area contributed by atoms with Crippen molar-refractivity contribution in [2.75, 3.05) is 11.1 Å². The predicted octanol–water partition coefficient (Wildman–Crippen LogP) is 2.74. The highest BCUT2D eigenvalue weighted by Gasteiger charge is 2.11. The van der Waals surface area contributed by atoms with E-state index in [9.17, 15) is 0 Å². The standard InChI is InChI=1S/C12H16BrN5/c1-7(2)15-12-16-11(14)18(17-12)10-5-4-9(13)6-8(10)3/h4-7H,1-3H3,(H3,14,15,16,17). The van der Waals surface area contributed by atoms with E-state index < -0.39 is 0 Å². The van der Waals surface area contributed by atoms with Crippen LogP contribution in [-0.2, 0) is 0 Å². The van der Waals surface area contributed by atoms with Gasteiger partial charge in [-0.3, -0.25) is 0 Å². The van der Waals surface area contributed by atoms with E-state index in [1.807, 2.05) is 39.0 Å². The van der Waals surface area contributed by atoms with Crippen LogP contribution in [-0.4, -0.2) is 20.8 Å². The summed E-state index contributed by atoms with van der Waals surface area (Å²) in [5, 5.41) is 7.50. The molecule has 1 heterocycles. The van der Waals surface area contributed by atoms with Crippen LogP contribution in [0, 0.1) is 6.92 Å². The number of nitrogens with zero attached hydrogens (tertiary/aromatic N) is 3. The third kappa shape index (κ3) is 2.64. The average Bonchev–Trinajstić information content (AvgIpc) is 2.58. The Balaban J connectivity index is 2.41. The van der Waals surface area contributed by atoms with E-state index in [0.29, 0.717) is 11.9 Å². The molecule has 96 valence electrons. The molecule has 0 saturated heterocycles. The van der Waals surface area contributed by atoms with Gasteiger partial charge in [0.05, 0.1) is 5.69 Å². The lowest BCUT2D eigenvalue weighted by molar-refractivity contribution is 0.845. The Labute approximate surface area is 115 Å². The van der Waals surface area contributed by atoms with E-state index in [4.69, 9.17) is 5.73 Å². The molecule has 1 aromatic carbocycles. The number of halogens is 1. The number of aryl methyl sites for hydroxylation is 1. The van der Waals surface area contributed by atoms with Gasteiger partial charge in [0.2, 0.25) is 11.9 Å². The van der Waals surface area contributed by atoms with E-state index in [0.717, 1.165) is 15.7 Å². The van der Waals surface area contributed by atoms with Crippen molar-refractivity contribution in [3.05, 3.63) is 28.2 Å². The van der Waals surface area contributed by atoms with Gasteiger partial charge in [-0.25, -0.2) is 0 Å². The van der Waals surface area contributed by atoms with Crippen molar-refractivity contribution in [2.24, 2.45) is 0 Å². The maximum absolute atomic E-state index is 5.89. The van der Waals surface area contributed by atoms with Gasteiger partial charge in [0, 0.05) is 10.5 Å². The van der Waals surface area contributed by atoms with Crippen molar-refractivity contribution in [3.63, 3.8) is 0 Å². The summed E-state index contributed by atoms with van der Waals surface area (Å²) in [6, 6.07) is 6.21. The predicted molar refractivity (Wildman–Crippen MR) is 77.0 cm³/mol. The summed E-state index contributed by atoms with van der Waals surface area (Å²) < 4.78 is 2.68. The summed E-state index contributed by atoms with van der Waals surface area (Å²) in [7, 11) is 0. The molecule has 0 saturated carbocycles. The molecular formula is C12H16BrN5. The summed E-state index contributed by atoms with van der Waals surface area (Å²) in [5.74, 6) is 0.924. The molecule has 6 heteroatoms. The molecule has 2 rings (SSSR count). The lowest BCUT2D eigenvalue weighted by atomic mass is 10.2. The quantitative estimate of drug-likeness (QED) is 0.914. The molecule has 5 nitrogen and oxygen atoms in total. The molecule has 0 fully saturated rings. The molecule has 0 aliphatic heterocycles. The van der Waals surface area contributed by atoms with Crippen LogP contribution < -0.4 is 11.1 Å². The summed E-state index contributed by atoms with van der Waals surface area (Å²) in [6.45, 7) is 6.07. The number of rotatable bonds is 3.